The minimum absolute atomic E-state index is 0.356. The van der Waals surface area contributed by atoms with E-state index in [2.05, 4.69) is 15.9 Å². The summed E-state index contributed by atoms with van der Waals surface area (Å²) in [6.45, 7) is 5.26. The topological polar surface area (TPSA) is 50.1 Å². The van der Waals surface area contributed by atoms with E-state index in [1.54, 1.807) is 39.0 Å². The van der Waals surface area contributed by atoms with E-state index in [0.29, 0.717) is 15.1 Å². The van der Waals surface area contributed by atoms with Gasteiger partial charge in [0.2, 0.25) is 0 Å². The Bertz CT molecular complexity index is 503. The quantitative estimate of drug-likeness (QED) is 0.769. The summed E-state index contributed by atoms with van der Waals surface area (Å²) in [7, 11) is 0. The lowest BCUT2D eigenvalue weighted by Gasteiger charge is -2.21. The van der Waals surface area contributed by atoms with E-state index in [1.165, 1.54) is 0 Å². The summed E-state index contributed by atoms with van der Waals surface area (Å²) in [5.74, 6) is -1.61. The van der Waals surface area contributed by atoms with Crippen molar-refractivity contribution >= 4 is 33.5 Å². The van der Waals surface area contributed by atoms with Crippen LogP contribution in [0.3, 0.4) is 0 Å². The molecule has 96 valence electrons. The molecule has 0 saturated carbocycles. The second-order valence-corrected chi connectivity index (χ2v) is 5.97. The highest BCUT2D eigenvalue weighted by atomic mass is 79.9. The molecule has 0 fully saturated rings. The van der Waals surface area contributed by atoms with Crippen LogP contribution >= 0.6 is 27.5 Å². The number of carbonyl (C=O) groups excluding carboxylic acids is 1. The second kappa shape index (κ2) is 5.73. The van der Waals surface area contributed by atoms with Gasteiger partial charge in [-0.25, -0.2) is 0 Å². The number of hydrogen-bond donors (Lipinski definition) is 0. The first-order chi connectivity index (χ1) is 8.26. The highest BCUT2D eigenvalue weighted by Gasteiger charge is 2.28. The summed E-state index contributed by atoms with van der Waals surface area (Å²) in [4.78, 5) is 11.9. The van der Waals surface area contributed by atoms with Gasteiger partial charge in [-0.15, -0.1) is 0 Å². The van der Waals surface area contributed by atoms with Crippen LogP contribution in [0.25, 0.3) is 0 Å². The third kappa shape index (κ3) is 3.72. The van der Waals surface area contributed by atoms with Crippen molar-refractivity contribution in [3.63, 3.8) is 0 Å². The van der Waals surface area contributed by atoms with Crippen LogP contribution in [-0.2, 0) is 9.53 Å². The predicted octanol–water partition coefficient (Wildman–Crippen LogP) is 4.05. The molecule has 0 spiro atoms. The SMILES string of the molecule is CC(C)(C)OC(=O)C(C#N)c1cccc(Br)c1Cl. The lowest BCUT2D eigenvalue weighted by atomic mass is 10.0. The average molecular weight is 331 g/mol. The largest absolute Gasteiger partial charge is 0.459 e. The Kier molecular flexibility index (Phi) is 4.78. The van der Waals surface area contributed by atoms with Gasteiger partial charge in [0, 0.05) is 10.0 Å². The normalized spacial score (nSPS) is 12.7. The zero-order chi connectivity index (χ0) is 13.9. The zero-order valence-corrected chi connectivity index (χ0v) is 12.7. The average Bonchev–Trinajstić information content (AvgIpc) is 2.22. The van der Waals surface area contributed by atoms with Gasteiger partial charge in [-0.2, -0.15) is 5.26 Å². The van der Waals surface area contributed by atoms with Crippen LogP contribution in [0.4, 0.5) is 0 Å². The summed E-state index contributed by atoms with van der Waals surface area (Å²) in [6.07, 6.45) is 0. The fourth-order valence-electron chi connectivity index (χ4n) is 1.35. The predicted molar refractivity (Wildman–Crippen MR) is 73.4 cm³/mol. The highest BCUT2D eigenvalue weighted by molar-refractivity contribution is 9.10. The minimum Gasteiger partial charge on any atom is -0.459 e. The molecule has 5 heteroatoms. The van der Waals surface area contributed by atoms with Crippen molar-refractivity contribution < 1.29 is 9.53 Å². The van der Waals surface area contributed by atoms with E-state index < -0.39 is 17.5 Å². The van der Waals surface area contributed by atoms with Crippen LogP contribution in [0.1, 0.15) is 32.3 Å². The van der Waals surface area contributed by atoms with Crippen LogP contribution in [0.15, 0.2) is 22.7 Å². The van der Waals surface area contributed by atoms with Crippen molar-refractivity contribution in [3.05, 3.63) is 33.3 Å². The molecule has 3 nitrogen and oxygen atoms in total. The fraction of sp³-hybridized carbons (Fsp3) is 0.385. The molecule has 0 saturated heterocycles. The molecule has 0 heterocycles. The lowest BCUT2D eigenvalue weighted by molar-refractivity contribution is -0.155. The number of esters is 1. The van der Waals surface area contributed by atoms with E-state index >= 15 is 0 Å². The fourth-order valence-corrected chi connectivity index (χ4v) is 1.97. The van der Waals surface area contributed by atoms with Crippen LogP contribution in [0.2, 0.25) is 5.02 Å². The summed E-state index contributed by atoms with van der Waals surface area (Å²) in [5.41, 5.74) is -0.187. The van der Waals surface area contributed by atoms with E-state index in [4.69, 9.17) is 21.6 Å². The van der Waals surface area contributed by atoms with Gasteiger partial charge < -0.3 is 4.74 Å². The standard InChI is InChI=1S/C13H13BrClNO2/c1-13(2,3)18-12(17)9(7-16)8-5-4-6-10(14)11(8)15/h4-6,9H,1-3H3. The molecule has 0 N–H and O–H groups in total. The Morgan fingerprint density at radius 1 is 1.50 bits per heavy atom. The number of hydrogen-bond acceptors (Lipinski definition) is 3. The van der Waals surface area contributed by atoms with Gasteiger partial charge in [-0.1, -0.05) is 23.7 Å². The smallest absolute Gasteiger partial charge is 0.328 e. The van der Waals surface area contributed by atoms with Gasteiger partial charge in [0.05, 0.1) is 11.1 Å². The lowest BCUT2D eigenvalue weighted by Crippen LogP contribution is -2.27. The number of ether oxygens (including phenoxy) is 1. The maximum absolute atomic E-state index is 11.9. The van der Waals surface area contributed by atoms with Crippen molar-refractivity contribution in [1.82, 2.24) is 0 Å². The van der Waals surface area contributed by atoms with E-state index in [1.807, 2.05) is 6.07 Å². The molecule has 0 bridgehead atoms. The van der Waals surface area contributed by atoms with E-state index in [-0.39, 0.29) is 0 Å². The van der Waals surface area contributed by atoms with Crippen LogP contribution in [0, 0.1) is 11.3 Å². The molecule has 1 unspecified atom stereocenters. The summed E-state index contributed by atoms with van der Waals surface area (Å²) in [6, 6.07) is 7.04. The van der Waals surface area contributed by atoms with E-state index in [9.17, 15) is 4.79 Å². The molecule has 0 amide bonds. The van der Waals surface area contributed by atoms with Gasteiger partial charge in [0.15, 0.2) is 5.92 Å². The zero-order valence-electron chi connectivity index (χ0n) is 10.3. The molecule has 1 atom stereocenters. The van der Waals surface area contributed by atoms with Gasteiger partial charge in [0.25, 0.3) is 0 Å². The summed E-state index contributed by atoms with van der Waals surface area (Å²) < 4.78 is 5.85. The minimum atomic E-state index is -1.02. The van der Waals surface area contributed by atoms with Crippen molar-refractivity contribution in [2.45, 2.75) is 32.3 Å². The molecule has 1 rings (SSSR count). The molecular weight excluding hydrogens is 318 g/mol. The number of nitrogens with zero attached hydrogens (tertiary/aromatic N) is 1. The summed E-state index contributed by atoms with van der Waals surface area (Å²) in [5, 5.41) is 9.49. The van der Waals surface area contributed by atoms with Gasteiger partial charge >= 0.3 is 5.97 Å². The monoisotopic (exact) mass is 329 g/mol. The third-order valence-corrected chi connectivity index (χ3v) is 3.37. The maximum Gasteiger partial charge on any atom is 0.328 e. The van der Waals surface area contributed by atoms with Crippen LogP contribution < -0.4 is 0 Å². The molecule has 0 aliphatic heterocycles. The van der Waals surface area contributed by atoms with Gasteiger partial charge in [-0.05, 0) is 42.8 Å². The number of rotatable bonds is 2. The Labute approximate surface area is 120 Å². The third-order valence-electron chi connectivity index (χ3n) is 2.06. The van der Waals surface area contributed by atoms with Crippen molar-refractivity contribution in [3.8, 4) is 6.07 Å². The molecular formula is C13H13BrClNO2. The molecule has 18 heavy (non-hydrogen) atoms. The highest BCUT2D eigenvalue weighted by Crippen LogP contribution is 2.32. The van der Waals surface area contributed by atoms with Gasteiger partial charge in [0.1, 0.15) is 5.60 Å². The Hall–Kier alpha value is -1.05. The number of nitriles is 1. The van der Waals surface area contributed by atoms with Gasteiger partial charge in [-0.3, -0.25) is 4.79 Å². The molecule has 1 aromatic rings. The number of halogens is 2. The summed E-state index contributed by atoms with van der Waals surface area (Å²) >= 11 is 9.34. The molecule has 0 aliphatic carbocycles. The Morgan fingerprint density at radius 2 is 2.11 bits per heavy atom. The first-order valence-electron chi connectivity index (χ1n) is 5.32. The molecule has 0 aromatic heterocycles. The molecule has 0 radical (unpaired) electrons. The first-order valence-corrected chi connectivity index (χ1v) is 6.49. The van der Waals surface area contributed by atoms with Crippen LogP contribution in [-0.4, -0.2) is 11.6 Å². The number of carbonyl (C=O) groups is 1. The Morgan fingerprint density at radius 3 is 2.61 bits per heavy atom. The van der Waals surface area contributed by atoms with Crippen molar-refractivity contribution in [2.24, 2.45) is 0 Å². The first kappa shape index (κ1) is 15.0. The maximum atomic E-state index is 11.9. The number of benzene rings is 1. The molecule has 0 aliphatic rings. The second-order valence-electron chi connectivity index (χ2n) is 4.74. The van der Waals surface area contributed by atoms with Crippen molar-refractivity contribution in [1.29, 1.82) is 5.26 Å². The van der Waals surface area contributed by atoms with E-state index in [0.717, 1.165) is 0 Å². The molecule has 1 aromatic carbocycles. The van der Waals surface area contributed by atoms with Crippen molar-refractivity contribution in [2.75, 3.05) is 0 Å². The van der Waals surface area contributed by atoms with Crippen LogP contribution in [0.5, 0.6) is 0 Å². The Balaban J connectivity index is 3.08.